The first-order valence-electron chi connectivity index (χ1n) is 7.67. The van der Waals surface area contributed by atoms with Crippen LogP contribution in [-0.4, -0.2) is 60.9 Å². The number of carboxylic acids is 1. The second-order valence-electron chi connectivity index (χ2n) is 5.64. The van der Waals surface area contributed by atoms with Gasteiger partial charge in [0.05, 0.1) is 11.6 Å². The summed E-state index contributed by atoms with van der Waals surface area (Å²) in [5.74, 6) is -1.85. The Hall–Kier alpha value is -0.930. The zero-order chi connectivity index (χ0) is 17.9. The number of sulfonamides is 1. The number of hydrogen-bond donors (Lipinski definition) is 1. The molecule has 10 heteroatoms. The minimum Gasteiger partial charge on any atom is -0.480 e. The molecule has 1 saturated heterocycles. The number of hydrogen-bond acceptors (Lipinski definition) is 4. The monoisotopic (exact) mass is 414 g/mol. The zero-order valence-corrected chi connectivity index (χ0v) is 16.1. The van der Waals surface area contributed by atoms with Crippen LogP contribution in [0, 0.1) is 5.82 Å². The Bertz CT molecular complexity index is 709. The minimum atomic E-state index is -3.96. The molecule has 0 saturated carbocycles. The van der Waals surface area contributed by atoms with Gasteiger partial charge in [0.2, 0.25) is 10.0 Å². The van der Waals surface area contributed by atoms with Crippen LogP contribution in [0.25, 0.3) is 0 Å². The molecule has 0 radical (unpaired) electrons. The summed E-state index contributed by atoms with van der Waals surface area (Å²) in [5.41, 5.74) is 0. The Balaban J connectivity index is 0.00000312. The molecular formula is C15H21Cl2FN2O4S. The van der Waals surface area contributed by atoms with Crippen molar-refractivity contribution in [1.82, 2.24) is 9.21 Å². The lowest BCUT2D eigenvalue weighted by atomic mass is 10.0. The normalized spacial score (nSPS) is 16.6. The van der Waals surface area contributed by atoms with Crippen LogP contribution in [0.2, 0.25) is 5.02 Å². The van der Waals surface area contributed by atoms with Crippen LogP contribution < -0.4 is 0 Å². The van der Waals surface area contributed by atoms with E-state index in [4.69, 9.17) is 16.7 Å². The molecular weight excluding hydrogens is 394 g/mol. The molecule has 25 heavy (non-hydrogen) atoms. The predicted molar refractivity (Wildman–Crippen MR) is 95.3 cm³/mol. The number of halogens is 3. The van der Waals surface area contributed by atoms with E-state index < -0.39 is 26.7 Å². The van der Waals surface area contributed by atoms with Gasteiger partial charge in [-0.05, 0) is 31.5 Å². The Labute approximate surface area is 158 Å². The van der Waals surface area contributed by atoms with Crippen molar-refractivity contribution in [2.24, 2.45) is 0 Å². The van der Waals surface area contributed by atoms with Crippen molar-refractivity contribution in [3.05, 3.63) is 29.0 Å². The number of carbonyl (C=O) groups is 1. The molecule has 1 fully saturated rings. The third kappa shape index (κ3) is 5.04. The minimum absolute atomic E-state index is 0. The van der Waals surface area contributed by atoms with Gasteiger partial charge in [-0.25, -0.2) is 12.8 Å². The van der Waals surface area contributed by atoms with Crippen molar-refractivity contribution >= 4 is 40.0 Å². The first-order valence-corrected chi connectivity index (χ1v) is 9.49. The number of piperidine rings is 1. The van der Waals surface area contributed by atoms with Crippen LogP contribution in [0.5, 0.6) is 0 Å². The number of rotatable bonds is 6. The van der Waals surface area contributed by atoms with Crippen LogP contribution in [0.3, 0.4) is 0 Å². The smallest absolute Gasteiger partial charge is 0.317 e. The summed E-state index contributed by atoms with van der Waals surface area (Å²) < 4.78 is 40.5. The topological polar surface area (TPSA) is 77.9 Å². The number of benzene rings is 1. The largest absolute Gasteiger partial charge is 0.480 e. The summed E-state index contributed by atoms with van der Waals surface area (Å²) in [5, 5.41) is 8.70. The van der Waals surface area contributed by atoms with Gasteiger partial charge in [-0.2, -0.15) is 4.31 Å². The zero-order valence-electron chi connectivity index (χ0n) is 13.7. The van der Waals surface area contributed by atoms with Crippen molar-refractivity contribution in [1.29, 1.82) is 0 Å². The van der Waals surface area contributed by atoms with E-state index in [2.05, 4.69) is 0 Å². The highest BCUT2D eigenvalue weighted by Crippen LogP contribution is 2.27. The molecule has 0 atom stereocenters. The van der Waals surface area contributed by atoms with Crippen molar-refractivity contribution < 1.29 is 22.7 Å². The summed E-state index contributed by atoms with van der Waals surface area (Å²) in [6.45, 7) is 2.81. The van der Waals surface area contributed by atoms with E-state index in [1.54, 1.807) is 0 Å². The molecule has 142 valence electrons. The van der Waals surface area contributed by atoms with E-state index in [1.165, 1.54) is 22.5 Å². The van der Waals surface area contributed by atoms with Gasteiger partial charge in [0.25, 0.3) is 0 Å². The fraction of sp³-hybridized carbons (Fsp3) is 0.533. The quantitative estimate of drug-likeness (QED) is 0.773. The molecule has 6 nitrogen and oxygen atoms in total. The highest BCUT2D eigenvalue weighted by molar-refractivity contribution is 7.89. The van der Waals surface area contributed by atoms with Crippen molar-refractivity contribution in [2.75, 3.05) is 26.2 Å². The van der Waals surface area contributed by atoms with Gasteiger partial charge in [0.1, 0.15) is 4.90 Å². The second-order valence-corrected chi connectivity index (χ2v) is 7.96. The molecule has 1 aromatic rings. The van der Waals surface area contributed by atoms with Crippen LogP contribution in [-0.2, 0) is 14.8 Å². The third-order valence-corrected chi connectivity index (χ3v) is 6.43. The molecule has 1 N–H and O–H groups in total. The standard InChI is InChI=1S/C15H20ClFN2O4S.ClH/c1-2-18(10-14(20)21)11-6-8-19(9-7-11)24(22,23)13-5-3-4-12(16)15(13)17;/h3-5,11H,2,6-10H2,1H3,(H,20,21);1H. The second kappa shape index (κ2) is 9.14. The molecule has 1 aliphatic rings. The first kappa shape index (κ1) is 22.1. The van der Waals surface area contributed by atoms with Gasteiger partial charge in [-0.1, -0.05) is 24.6 Å². The fourth-order valence-corrected chi connectivity index (χ4v) is 4.73. The van der Waals surface area contributed by atoms with Crippen LogP contribution in [0.4, 0.5) is 4.39 Å². The Morgan fingerprint density at radius 2 is 2.00 bits per heavy atom. The Kier molecular flexibility index (Phi) is 8.08. The van der Waals surface area contributed by atoms with Crippen LogP contribution >= 0.6 is 24.0 Å². The first-order chi connectivity index (χ1) is 11.3. The van der Waals surface area contributed by atoms with E-state index in [-0.39, 0.29) is 43.1 Å². The number of nitrogens with zero attached hydrogens (tertiary/aromatic N) is 2. The van der Waals surface area contributed by atoms with Crippen LogP contribution in [0.1, 0.15) is 19.8 Å². The van der Waals surface area contributed by atoms with Gasteiger partial charge >= 0.3 is 5.97 Å². The maximum Gasteiger partial charge on any atom is 0.317 e. The van der Waals surface area contributed by atoms with Gasteiger partial charge < -0.3 is 5.11 Å². The summed E-state index contributed by atoms with van der Waals surface area (Å²) >= 11 is 5.67. The number of carboxylic acid groups (broad SMARTS) is 1. The fourth-order valence-electron chi connectivity index (χ4n) is 2.94. The van der Waals surface area contributed by atoms with Crippen molar-refractivity contribution in [3.63, 3.8) is 0 Å². The molecule has 0 unspecified atom stereocenters. The van der Waals surface area contributed by atoms with Gasteiger partial charge in [-0.3, -0.25) is 9.69 Å². The highest BCUT2D eigenvalue weighted by Gasteiger charge is 2.33. The van der Waals surface area contributed by atoms with E-state index in [0.717, 1.165) is 0 Å². The molecule has 1 aliphatic heterocycles. The molecule has 2 rings (SSSR count). The van der Waals surface area contributed by atoms with Gasteiger partial charge in [0.15, 0.2) is 5.82 Å². The van der Waals surface area contributed by atoms with E-state index in [1.807, 2.05) is 11.8 Å². The maximum absolute atomic E-state index is 14.0. The average molecular weight is 415 g/mol. The molecule has 0 aliphatic carbocycles. The lowest BCUT2D eigenvalue weighted by Gasteiger charge is -2.36. The molecule has 0 bridgehead atoms. The molecule has 1 heterocycles. The van der Waals surface area contributed by atoms with Gasteiger partial charge in [-0.15, -0.1) is 12.4 Å². The Morgan fingerprint density at radius 1 is 1.40 bits per heavy atom. The maximum atomic E-state index is 14.0. The molecule has 0 aromatic heterocycles. The summed E-state index contributed by atoms with van der Waals surface area (Å²) in [6.07, 6.45) is 1.01. The lowest BCUT2D eigenvalue weighted by molar-refractivity contribution is -0.139. The number of aliphatic carboxylic acids is 1. The average Bonchev–Trinajstić information content (AvgIpc) is 2.55. The predicted octanol–water partition coefficient (Wildman–Crippen LogP) is 2.46. The molecule has 1 aromatic carbocycles. The molecule has 0 amide bonds. The number of likely N-dealkylation sites (N-methyl/N-ethyl adjacent to an activating group) is 1. The third-order valence-electron chi connectivity index (χ3n) is 4.22. The van der Waals surface area contributed by atoms with E-state index in [0.29, 0.717) is 19.4 Å². The van der Waals surface area contributed by atoms with Gasteiger partial charge in [0, 0.05) is 19.1 Å². The summed E-state index contributed by atoms with van der Waals surface area (Å²) in [7, 11) is -3.96. The van der Waals surface area contributed by atoms with E-state index in [9.17, 15) is 17.6 Å². The molecule has 0 spiro atoms. The summed E-state index contributed by atoms with van der Waals surface area (Å²) in [4.78, 5) is 12.3. The highest BCUT2D eigenvalue weighted by atomic mass is 35.5. The lowest BCUT2D eigenvalue weighted by Crippen LogP contribution is -2.48. The van der Waals surface area contributed by atoms with Crippen LogP contribution in [0.15, 0.2) is 23.1 Å². The summed E-state index contributed by atoms with van der Waals surface area (Å²) in [6, 6.07) is 3.90. The Morgan fingerprint density at radius 3 is 2.52 bits per heavy atom. The van der Waals surface area contributed by atoms with Crippen molar-refractivity contribution in [3.8, 4) is 0 Å². The van der Waals surface area contributed by atoms with E-state index >= 15 is 0 Å². The SMILES string of the molecule is CCN(CC(=O)O)C1CCN(S(=O)(=O)c2cccc(Cl)c2F)CC1.Cl. The van der Waals surface area contributed by atoms with Crippen molar-refractivity contribution in [2.45, 2.75) is 30.7 Å².